The van der Waals surface area contributed by atoms with Gasteiger partial charge in [-0.2, -0.15) is 0 Å². The number of benzene rings is 1. The molecule has 3 rings (SSSR count). The van der Waals surface area contributed by atoms with Gasteiger partial charge < -0.3 is 25.4 Å². The smallest absolute Gasteiger partial charge is 0.407 e. The van der Waals surface area contributed by atoms with Crippen molar-refractivity contribution in [3.63, 3.8) is 0 Å². The van der Waals surface area contributed by atoms with E-state index < -0.39 is 11.5 Å². The molecular weight excluding hydrogens is 462 g/mol. The highest BCUT2D eigenvalue weighted by atomic mass is 16.5. The first-order chi connectivity index (χ1) is 17.0. The summed E-state index contributed by atoms with van der Waals surface area (Å²) in [4.78, 5) is 49.0. The van der Waals surface area contributed by atoms with Gasteiger partial charge in [0, 0.05) is 31.0 Å². The first-order valence-electron chi connectivity index (χ1n) is 12.6. The van der Waals surface area contributed by atoms with Crippen LogP contribution in [0.2, 0.25) is 0 Å². The van der Waals surface area contributed by atoms with Crippen LogP contribution in [0.1, 0.15) is 58.9 Å². The molecule has 0 radical (unpaired) electrons. The van der Waals surface area contributed by atoms with Crippen LogP contribution in [0.15, 0.2) is 30.3 Å². The SMILES string of the molecule is COC(=O)[C@@H]1C[C@H](NC(=O)CCCNC(=O)[C@@H]2C[C@H](NC(=O)OCc3ccccc3)C2(C)C)C1(C)C. The summed E-state index contributed by atoms with van der Waals surface area (Å²) in [6, 6.07) is 9.23. The highest BCUT2D eigenvalue weighted by Gasteiger charge is 2.53. The van der Waals surface area contributed by atoms with Crippen LogP contribution >= 0.6 is 0 Å². The normalized spacial score (nSPS) is 25.4. The summed E-state index contributed by atoms with van der Waals surface area (Å²) in [5.41, 5.74) is 0.165. The van der Waals surface area contributed by atoms with E-state index >= 15 is 0 Å². The third-order valence-electron chi connectivity index (χ3n) is 8.06. The first kappa shape index (κ1) is 27.5. The van der Waals surface area contributed by atoms with Crippen molar-refractivity contribution in [1.82, 2.24) is 16.0 Å². The van der Waals surface area contributed by atoms with E-state index in [0.29, 0.717) is 32.2 Å². The topological polar surface area (TPSA) is 123 Å². The molecule has 3 N–H and O–H groups in total. The molecule has 4 atom stereocenters. The Kier molecular flexibility index (Phi) is 8.63. The molecule has 1 aromatic carbocycles. The van der Waals surface area contributed by atoms with Crippen LogP contribution in [0.25, 0.3) is 0 Å². The quantitative estimate of drug-likeness (QED) is 0.335. The number of rotatable bonds is 10. The summed E-state index contributed by atoms with van der Waals surface area (Å²) in [5.74, 6) is -0.836. The lowest BCUT2D eigenvalue weighted by Gasteiger charge is -2.50. The molecular formula is C27H39N3O6. The van der Waals surface area contributed by atoms with E-state index in [9.17, 15) is 19.2 Å². The summed E-state index contributed by atoms with van der Waals surface area (Å²) in [6.07, 6.45) is 1.44. The average Bonchev–Trinajstić information content (AvgIpc) is 2.85. The molecule has 2 fully saturated rings. The van der Waals surface area contributed by atoms with Gasteiger partial charge in [0.25, 0.3) is 0 Å². The summed E-state index contributed by atoms with van der Waals surface area (Å²) in [6.45, 7) is 8.41. The molecule has 0 spiro atoms. The Morgan fingerprint density at radius 2 is 1.53 bits per heavy atom. The van der Waals surface area contributed by atoms with Crippen molar-refractivity contribution in [2.45, 2.75) is 72.1 Å². The molecule has 36 heavy (non-hydrogen) atoms. The first-order valence-corrected chi connectivity index (χ1v) is 12.6. The second-order valence-corrected chi connectivity index (χ2v) is 11.0. The number of amides is 3. The van der Waals surface area contributed by atoms with Crippen LogP contribution < -0.4 is 16.0 Å². The molecule has 9 nitrogen and oxygen atoms in total. The number of methoxy groups -OCH3 is 1. The molecule has 2 saturated carbocycles. The van der Waals surface area contributed by atoms with Crippen molar-refractivity contribution in [3.8, 4) is 0 Å². The molecule has 3 amide bonds. The number of alkyl carbamates (subject to hydrolysis) is 1. The van der Waals surface area contributed by atoms with Gasteiger partial charge >= 0.3 is 12.1 Å². The van der Waals surface area contributed by atoms with E-state index in [4.69, 9.17) is 9.47 Å². The molecule has 0 saturated heterocycles. The van der Waals surface area contributed by atoms with Crippen LogP contribution in [0.4, 0.5) is 4.79 Å². The minimum atomic E-state index is -0.491. The largest absolute Gasteiger partial charge is 0.469 e. The van der Waals surface area contributed by atoms with Gasteiger partial charge in [-0.3, -0.25) is 14.4 Å². The second-order valence-electron chi connectivity index (χ2n) is 11.0. The van der Waals surface area contributed by atoms with Gasteiger partial charge in [0.05, 0.1) is 13.0 Å². The molecule has 9 heteroatoms. The predicted octanol–water partition coefficient (Wildman–Crippen LogP) is 2.93. The number of ether oxygens (including phenoxy) is 2. The van der Waals surface area contributed by atoms with Gasteiger partial charge in [0.15, 0.2) is 0 Å². The van der Waals surface area contributed by atoms with E-state index in [1.54, 1.807) is 0 Å². The Labute approximate surface area is 213 Å². The third-order valence-corrected chi connectivity index (χ3v) is 8.06. The molecule has 2 aliphatic rings. The Morgan fingerprint density at radius 1 is 0.917 bits per heavy atom. The van der Waals surface area contributed by atoms with Crippen LogP contribution in [0.5, 0.6) is 0 Å². The Balaban J connectivity index is 1.31. The number of carbonyl (C=O) groups excluding carboxylic acids is 4. The van der Waals surface area contributed by atoms with Crippen LogP contribution in [-0.4, -0.2) is 49.6 Å². The van der Waals surface area contributed by atoms with Crippen LogP contribution in [0.3, 0.4) is 0 Å². The minimum Gasteiger partial charge on any atom is -0.469 e. The summed E-state index contributed by atoms with van der Waals surface area (Å²) < 4.78 is 10.1. The van der Waals surface area contributed by atoms with Crippen LogP contribution in [-0.2, 0) is 30.5 Å². The second kappa shape index (κ2) is 11.3. The number of nitrogens with one attached hydrogen (secondary N) is 3. The third kappa shape index (κ3) is 6.17. The van der Waals surface area contributed by atoms with E-state index in [0.717, 1.165) is 5.56 Å². The van der Waals surface area contributed by atoms with Crippen LogP contribution in [0, 0.1) is 22.7 Å². The van der Waals surface area contributed by atoms with Gasteiger partial charge in [-0.25, -0.2) is 4.79 Å². The Bertz CT molecular complexity index is 962. The number of hydrogen-bond donors (Lipinski definition) is 3. The highest BCUT2D eigenvalue weighted by molar-refractivity contribution is 5.82. The molecule has 0 aliphatic heterocycles. The highest BCUT2D eigenvalue weighted by Crippen LogP contribution is 2.47. The van der Waals surface area contributed by atoms with Crippen molar-refractivity contribution >= 4 is 23.9 Å². The summed E-state index contributed by atoms with van der Waals surface area (Å²) >= 11 is 0. The van der Waals surface area contributed by atoms with Crippen molar-refractivity contribution in [1.29, 1.82) is 0 Å². The Hall–Kier alpha value is -3.10. The summed E-state index contributed by atoms with van der Waals surface area (Å²) in [7, 11) is 1.38. The number of esters is 1. The van der Waals surface area contributed by atoms with Gasteiger partial charge in [0.1, 0.15) is 6.61 Å². The molecule has 0 bridgehead atoms. The van der Waals surface area contributed by atoms with Gasteiger partial charge in [-0.05, 0) is 35.7 Å². The van der Waals surface area contributed by atoms with Crippen molar-refractivity contribution in [2.24, 2.45) is 22.7 Å². The zero-order chi connectivity index (χ0) is 26.5. The van der Waals surface area contributed by atoms with Crippen molar-refractivity contribution < 1.29 is 28.7 Å². The molecule has 2 aliphatic carbocycles. The summed E-state index contributed by atoms with van der Waals surface area (Å²) in [5, 5.41) is 8.78. The van der Waals surface area contributed by atoms with Gasteiger partial charge in [-0.15, -0.1) is 0 Å². The van der Waals surface area contributed by atoms with E-state index in [1.807, 2.05) is 58.0 Å². The lowest BCUT2D eigenvalue weighted by Crippen LogP contribution is -2.62. The monoisotopic (exact) mass is 501 g/mol. The van der Waals surface area contributed by atoms with Crippen molar-refractivity contribution in [2.75, 3.05) is 13.7 Å². The lowest BCUT2D eigenvalue weighted by molar-refractivity contribution is -0.160. The molecule has 0 heterocycles. The average molecular weight is 502 g/mol. The molecule has 0 unspecified atom stereocenters. The maximum absolute atomic E-state index is 12.7. The minimum absolute atomic E-state index is 0.0664. The zero-order valence-electron chi connectivity index (χ0n) is 21.9. The lowest BCUT2D eigenvalue weighted by atomic mass is 9.58. The molecule has 1 aromatic rings. The fourth-order valence-electron chi connectivity index (χ4n) is 5.09. The van der Waals surface area contributed by atoms with E-state index in [1.165, 1.54) is 7.11 Å². The number of hydrogen-bond acceptors (Lipinski definition) is 6. The number of carbonyl (C=O) groups is 4. The molecule has 0 aromatic heterocycles. The Morgan fingerprint density at radius 3 is 2.14 bits per heavy atom. The van der Waals surface area contributed by atoms with Gasteiger partial charge in [-0.1, -0.05) is 58.0 Å². The fourth-order valence-corrected chi connectivity index (χ4v) is 5.09. The predicted molar refractivity (Wildman–Crippen MR) is 134 cm³/mol. The van der Waals surface area contributed by atoms with Gasteiger partial charge in [0.2, 0.25) is 11.8 Å². The van der Waals surface area contributed by atoms with E-state index in [2.05, 4.69) is 16.0 Å². The maximum Gasteiger partial charge on any atom is 0.407 e. The standard InChI is InChI=1S/C27H39N3O6/c1-26(2)18(14-21(26)30-25(34)36-16-17-10-7-6-8-11-17)23(32)28-13-9-12-22(31)29-20-15-19(24(33)35-5)27(20,3)4/h6-8,10-11,18-21H,9,12-16H2,1-5H3,(H,28,32)(H,29,31)(H,30,34)/t18-,19-,20-,21-/m0/s1. The van der Waals surface area contributed by atoms with Crippen molar-refractivity contribution in [3.05, 3.63) is 35.9 Å². The van der Waals surface area contributed by atoms with E-state index in [-0.39, 0.29) is 53.7 Å². The molecule has 198 valence electrons. The fraction of sp³-hybridized carbons (Fsp3) is 0.630. The zero-order valence-corrected chi connectivity index (χ0v) is 21.9. The maximum atomic E-state index is 12.7.